The third-order valence-corrected chi connectivity index (χ3v) is 4.56. The fourth-order valence-corrected chi connectivity index (χ4v) is 3.28. The molecular formula is C17H25ClO2. The number of rotatable bonds is 6. The van der Waals surface area contributed by atoms with E-state index in [9.17, 15) is 0 Å². The van der Waals surface area contributed by atoms with E-state index in [1.54, 1.807) is 0 Å². The Morgan fingerprint density at radius 3 is 2.55 bits per heavy atom. The van der Waals surface area contributed by atoms with Gasteiger partial charge in [0.1, 0.15) is 5.75 Å². The van der Waals surface area contributed by atoms with Crippen LogP contribution < -0.4 is 4.74 Å². The van der Waals surface area contributed by atoms with Crippen LogP contribution >= 0.6 is 11.6 Å². The summed E-state index contributed by atoms with van der Waals surface area (Å²) in [7, 11) is 0. The van der Waals surface area contributed by atoms with Gasteiger partial charge >= 0.3 is 0 Å². The molecule has 0 N–H and O–H groups in total. The molecule has 0 radical (unpaired) electrons. The Hall–Kier alpha value is -0.730. The van der Waals surface area contributed by atoms with Crippen LogP contribution in [0.2, 0.25) is 5.02 Å². The van der Waals surface area contributed by atoms with Crippen molar-refractivity contribution in [3.63, 3.8) is 0 Å². The molecule has 1 saturated heterocycles. The summed E-state index contributed by atoms with van der Waals surface area (Å²) >= 11 is 6.36. The van der Waals surface area contributed by atoms with Gasteiger partial charge in [-0.15, -0.1) is 0 Å². The highest BCUT2D eigenvalue weighted by molar-refractivity contribution is 6.31. The zero-order valence-corrected chi connectivity index (χ0v) is 13.9. The van der Waals surface area contributed by atoms with Crippen LogP contribution in [0.15, 0.2) is 6.07 Å². The molecule has 1 aliphatic heterocycles. The molecule has 3 atom stereocenters. The van der Waals surface area contributed by atoms with Crippen molar-refractivity contribution >= 4 is 11.6 Å². The van der Waals surface area contributed by atoms with Gasteiger partial charge in [0.25, 0.3) is 0 Å². The maximum Gasteiger partial charge on any atom is 0.126 e. The minimum Gasteiger partial charge on any atom is -0.493 e. The van der Waals surface area contributed by atoms with Crippen molar-refractivity contribution in [3.8, 4) is 5.75 Å². The fourth-order valence-electron chi connectivity index (χ4n) is 3.02. The van der Waals surface area contributed by atoms with Crippen molar-refractivity contribution in [3.05, 3.63) is 27.8 Å². The first-order chi connectivity index (χ1) is 9.49. The van der Waals surface area contributed by atoms with E-state index in [4.69, 9.17) is 21.1 Å². The molecule has 3 heteroatoms. The average molecular weight is 297 g/mol. The number of ether oxygens (including phenoxy) is 2. The summed E-state index contributed by atoms with van der Waals surface area (Å²) in [4.78, 5) is 0. The Kier molecular flexibility index (Phi) is 4.98. The van der Waals surface area contributed by atoms with Gasteiger partial charge in [-0.3, -0.25) is 0 Å². The van der Waals surface area contributed by atoms with Crippen LogP contribution in [-0.2, 0) is 4.74 Å². The monoisotopic (exact) mass is 296 g/mol. The van der Waals surface area contributed by atoms with Crippen LogP contribution in [0.3, 0.4) is 0 Å². The Labute approximate surface area is 127 Å². The lowest BCUT2D eigenvalue weighted by molar-refractivity contribution is 0.326. The normalized spacial score (nSPS) is 22.7. The number of epoxide rings is 1. The van der Waals surface area contributed by atoms with Crippen LogP contribution in [0, 0.1) is 13.8 Å². The van der Waals surface area contributed by atoms with E-state index in [0.717, 1.165) is 34.7 Å². The Balaban J connectivity index is 2.28. The molecule has 1 aromatic rings. The third-order valence-electron chi connectivity index (χ3n) is 4.17. The minimum atomic E-state index is 0.399. The lowest BCUT2D eigenvalue weighted by atomic mass is 9.89. The number of benzene rings is 1. The molecule has 3 unspecified atom stereocenters. The third kappa shape index (κ3) is 3.12. The molecule has 0 bridgehead atoms. The van der Waals surface area contributed by atoms with E-state index in [0.29, 0.717) is 24.7 Å². The topological polar surface area (TPSA) is 21.8 Å². The van der Waals surface area contributed by atoms with E-state index in [1.165, 1.54) is 5.56 Å². The summed E-state index contributed by atoms with van der Waals surface area (Å²) in [6.45, 7) is 11.3. The van der Waals surface area contributed by atoms with Crippen molar-refractivity contribution in [1.29, 1.82) is 0 Å². The minimum absolute atomic E-state index is 0.399. The number of hydrogen-bond donors (Lipinski definition) is 0. The first kappa shape index (κ1) is 15.7. The second kappa shape index (κ2) is 6.36. The van der Waals surface area contributed by atoms with E-state index < -0.39 is 0 Å². The zero-order chi connectivity index (χ0) is 14.9. The van der Waals surface area contributed by atoms with Gasteiger partial charge in [0.2, 0.25) is 0 Å². The Bertz CT molecular complexity index is 484. The number of aryl methyl sites for hydroxylation is 1. The summed E-state index contributed by atoms with van der Waals surface area (Å²) < 4.78 is 11.6. The van der Waals surface area contributed by atoms with Crippen molar-refractivity contribution in [2.24, 2.45) is 0 Å². The molecule has 0 spiro atoms. The summed E-state index contributed by atoms with van der Waals surface area (Å²) in [5, 5.41) is 0.830. The molecule has 2 rings (SSSR count). The zero-order valence-electron chi connectivity index (χ0n) is 13.1. The van der Waals surface area contributed by atoms with Gasteiger partial charge in [0.15, 0.2) is 0 Å². The highest BCUT2D eigenvalue weighted by atomic mass is 35.5. The predicted molar refractivity (Wildman–Crippen MR) is 84.1 cm³/mol. The molecule has 1 aliphatic rings. The highest BCUT2D eigenvalue weighted by Gasteiger charge is 2.38. The van der Waals surface area contributed by atoms with Gasteiger partial charge in [-0.05, 0) is 56.7 Å². The van der Waals surface area contributed by atoms with E-state index in [-0.39, 0.29) is 0 Å². The standard InChI is InChI=1S/C17H25ClO2/c1-6-14-15(20-14)9-10(3)16-12(5)13(18)8-11(4)17(16)19-7-2/h8,10,14-15H,6-7,9H2,1-5H3. The van der Waals surface area contributed by atoms with Crippen LogP contribution in [-0.4, -0.2) is 18.8 Å². The lowest BCUT2D eigenvalue weighted by Crippen LogP contribution is -2.08. The number of halogens is 1. The first-order valence-corrected chi connectivity index (χ1v) is 7.95. The second-order valence-corrected chi connectivity index (χ2v) is 6.14. The fraction of sp³-hybridized carbons (Fsp3) is 0.647. The predicted octanol–water partition coefficient (Wildman–Crippen LogP) is 5.03. The van der Waals surface area contributed by atoms with Crippen molar-refractivity contribution in [1.82, 2.24) is 0 Å². The van der Waals surface area contributed by atoms with Crippen molar-refractivity contribution < 1.29 is 9.47 Å². The maximum atomic E-state index is 6.36. The quantitative estimate of drug-likeness (QED) is 0.687. The van der Waals surface area contributed by atoms with Crippen LogP contribution in [0.5, 0.6) is 5.75 Å². The summed E-state index contributed by atoms with van der Waals surface area (Å²) in [5.74, 6) is 1.41. The van der Waals surface area contributed by atoms with Gasteiger partial charge < -0.3 is 9.47 Å². The first-order valence-electron chi connectivity index (χ1n) is 7.57. The number of hydrogen-bond acceptors (Lipinski definition) is 2. The molecule has 0 amide bonds. The highest BCUT2D eigenvalue weighted by Crippen LogP contribution is 2.42. The van der Waals surface area contributed by atoms with E-state index >= 15 is 0 Å². The Morgan fingerprint density at radius 2 is 2.00 bits per heavy atom. The molecule has 2 nitrogen and oxygen atoms in total. The summed E-state index contributed by atoms with van der Waals surface area (Å²) in [6, 6.07) is 2.00. The largest absolute Gasteiger partial charge is 0.493 e. The van der Waals surface area contributed by atoms with Gasteiger partial charge in [-0.1, -0.05) is 25.4 Å². The summed E-state index contributed by atoms with van der Waals surface area (Å²) in [5.41, 5.74) is 3.51. The van der Waals surface area contributed by atoms with Crippen LogP contribution in [0.1, 0.15) is 56.2 Å². The van der Waals surface area contributed by atoms with E-state index in [1.807, 2.05) is 13.0 Å². The van der Waals surface area contributed by atoms with Gasteiger partial charge in [-0.2, -0.15) is 0 Å². The molecule has 1 fully saturated rings. The molecule has 0 aromatic heterocycles. The SMILES string of the molecule is CCOc1c(C)cc(Cl)c(C)c1C(C)CC1OC1CC. The molecule has 20 heavy (non-hydrogen) atoms. The lowest BCUT2D eigenvalue weighted by Gasteiger charge is -2.21. The molecule has 0 saturated carbocycles. The maximum absolute atomic E-state index is 6.36. The average Bonchev–Trinajstić information content (AvgIpc) is 3.14. The molecule has 1 heterocycles. The van der Waals surface area contributed by atoms with Gasteiger partial charge in [0.05, 0.1) is 18.8 Å². The molecular weight excluding hydrogens is 272 g/mol. The van der Waals surface area contributed by atoms with Gasteiger partial charge in [0, 0.05) is 10.6 Å². The van der Waals surface area contributed by atoms with Crippen LogP contribution in [0.25, 0.3) is 0 Å². The molecule has 0 aliphatic carbocycles. The summed E-state index contributed by atoms with van der Waals surface area (Å²) in [6.07, 6.45) is 3.00. The van der Waals surface area contributed by atoms with Crippen molar-refractivity contribution in [2.45, 2.75) is 65.6 Å². The Morgan fingerprint density at radius 1 is 1.30 bits per heavy atom. The smallest absolute Gasteiger partial charge is 0.126 e. The van der Waals surface area contributed by atoms with Gasteiger partial charge in [-0.25, -0.2) is 0 Å². The molecule has 112 valence electrons. The van der Waals surface area contributed by atoms with E-state index in [2.05, 4.69) is 27.7 Å². The second-order valence-electron chi connectivity index (χ2n) is 5.73. The van der Waals surface area contributed by atoms with Crippen molar-refractivity contribution in [2.75, 3.05) is 6.61 Å². The van der Waals surface area contributed by atoms with Crippen LogP contribution in [0.4, 0.5) is 0 Å². The molecule has 1 aromatic carbocycles.